The zero-order valence-corrected chi connectivity index (χ0v) is 18.5. The van der Waals surface area contributed by atoms with Gasteiger partial charge in [-0.15, -0.1) is 0 Å². The van der Waals surface area contributed by atoms with E-state index in [2.05, 4.69) is 15.5 Å². The van der Waals surface area contributed by atoms with Crippen LogP contribution in [0.5, 0.6) is 5.75 Å². The van der Waals surface area contributed by atoms with E-state index < -0.39 is 5.41 Å². The molecule has 1 aromatic heterocycles. The molecule has 0 unspecified atom stereocenters. The van der Waals surface area contributed by atoms with Gasteiger partial charge >= 0.3 is 6.03 Å². The molecule has 3 aromatic rings. The second-order valence-electron chi connectivity index (χ2n) is 8.59. The van der Waals surface area contributed by atoms with Crippen molar-refractivity contribution >= 4 is 17.6 Å². The Morgan fingerprint density at radius 1 is 1.06 bits per heavy atom. The van der Waals surface area contributed by atoms with Crippen LogP contribution in [0.15, 0.2) is 59.1 Å². The van der Waals surface area contributed by atoms with Crippen LogP contribution in [0.25, 0.3) is 0 Å². The molecule has 0 radical (unpaired) electrons. The summed E-state index contributed by atoms with van der Waals surface area (Å²) in [6.07, 6.45) is 0. The van der Waals surface area contributed by atoms with Gasteiger partial charge < -0.3 is 24.4 Å². The molecule has 9 nitrogen and oxygen atoms in total. The highest BCUT2D eigenvalue weighted by Gasteiger charge is 2.58. The number of carbonyl (C=O) groups excluding carboxylic acids is 2. The molecule has 5 rings (SSSR count). The fraction of sp³-hybridized carbons (Fsp3) is 0.333. The predicted octanol–water partition coefficient (Wildman–Crippen LogP) is 2.94. The van der Waals surface area contributed by atoms with Crippen LogP contribution in [0.3, 0.4) is 0 Å². The third-order valence-electron chi connectivity index (χ3n) is 6.50. The van der Waals surface area contributed by atoms with Gasteiger partial charge in [0.2, 0.25) is 5.89 Å². The number of fused-ring (bicyclic) bond motifs is 1. The highest BCUT2D eigenvalue weighted by Crippen LogP contribution is 2.44. The molecule has 2 aliphatic rings. The molecule has 0 spiro atoms. The second-order valence-corrected chi connectivity index (χ2v) is 8.59. The van der Waals surface area contributed by atoms with Crippen molar-refractivity contribution in [2.75, 3.05) is 38.6 Å². The summed E-state index contributed by atoms with van der Waals surface area (Å²) in [5.74, 6) is 1.69. The van der Waals surface area contributed by atoms with Crippen molar-refractivity contribution in [3.63, 3.8) is 0 Å². The van der Waals surface area contributed by atoms with Crippen LogP contribution in [0.2, 0.25) is 0 Å². The predicted molar refractivity (Wildman–Crippen MR) is 120 cm³/mol. The summed E-state index contributed by atoms with van der Waals surface area (Å²) in [5.41, 5.74) is 0.730. The van der Waals surface area contributed by atoms with Gasteiger partial charge in [0.25, 0.3) is 5.91 Å². The highest BCUT2D eigenvalue weighted by atomic mass is 16.5. The van der Waals surface area contributed by atoms with Gasteiger partial charge in [-0.1, -0.05) is 23.4 Å². The molecular weight excluding hydrogens is 422 g/mol. The van der Waals surface area contributed by atoms with E-state index in [4.69, 9.17) is 9.26 Å². The number of ether oxygens (including phenoxy) is 1. The van der Waals surface area contributed by atoms with Crippen LogP contribution in [-0.2, 0) is 5.41 Å². The van der Waals surface area contributed by atoms with Gasteiger partial charge in [0.15, 0.2) is 5.82 Å². The van der Waals surface area contributed by atoms with Crippen molar-refractivity contribution in [2.24, 2.45) is 5.92 Å². The SMILES string of the molecule is COc1ccc(NC(=O)N2C[C@H]3CN(C(=O)c4ccccc4)C[C@@]3(c3nc(C)no3)C2)cc1. The molecule has 33 heavy (non-hydrogen) atoms. The number of rotatable bonds is 4. The van der Waals surface area contributed by atoms with E-state index in [1.165, 1.54) is 0 Å². The Morgan fingerprint density at radius 3 is 2.42 bits per heavy atom. The molecule has 2 fully saturated rings. The maximum Gasteiger partial charge on any atom is 0.321 e. The fourth-order valence-electron chi connectivity index (χ4n) is 4.82. The van der Waals surface area contributed by atoms with Gasteiger partial charge in [0.05, 0.1) is 12.5 Å². The number of nitrogens with zero attached hydrogens (tertiary/aromatic N) is 4. The largest absolute Gasteiger partial charge is 0.497 e. The van der Waals surface area contributed by atoms with Gasteiger partial charge in [-0.05, 0) is 43.3 Å². The minimum Gasteiger partial charge on any atom is -0.497 e. The Kier molecular flexibility index (Phi) is 5.24. The van der Waals surface area contributed by atoms with Gasteiger partial charge in [-0.2, -0.15) is 4.98 Å². The van der Waals surface area contributed by atoms with E-state index in [9.17, 15) is 9.59 Å². The molecule has 0 saturated carbocycles. The lowest BCUT2D eigenvalue weighted by Gasteiger charge is -2.26. The van der Waals surface area contributed by atoms with E-state index >= 15 is 0 Å². The number of anilines is 1. The van der Waals surface area contributed by atoms with Crippen molar-refractivity contribution in [3.05, 3.63) is 71.9 Å². The summed E-state index contributed by atoms with van der Waals surface area (Å²) in [6.45, 7) is 3.58. The van der Waals surface area contributed by atoms with Crippen LogP contribution in [0, 0.1) is 12.8 Å². The third kappa shape index (κ3) is 3.79. The van der Waals surface area contributed by atoms with Gasteiger partial charge in [-0.3, -0.25) is 4.79 Å². The minimum absolute atomic E-state index is 0.00775. The van der Waals surface area contributed by atoms with Gasteiger partial charge in [0.1, 0.15) is 5.75 Å². The van der Waals surface area contributed by atoms with Gasteiger partial charge in [-0.25, -0.2) is 4.79 Å². The molecule has 2 aliphatic heterocycles. The monoisotopic (exact) mass is 447 g/mol. The first-order valence-corrected chi connectivity index (χ1v) is 10.8. The number of likely N-dealkylation sites (tertiary alicyclic amines) is 2. The Morgan fingerprint density at radius 2 is 1.76 bits per heavy atom. The lowest BCUT2D eigenvalue weighted by molar-refractivity contribution is 0.0770. The molecule has 2 atom stereocenters. The molecule has 2 aromatic carbocycles. The van der Waals surface area contributed by atoms with Crippen molar-refractivity contribution in [1.29, 1.82) is 0 Å². The molecule has 3 heterocycles. The Hall–Kier alpha value is -3.88. The van der Waals surface area contributed by atoms with Crippen LogP contribution in [-0.4, -0.2) is 65.2 Å². The number of aryl methyl sites for hydroxylation is 1. The zero-order chi connectivity index (χ0) is 23.0. The average Bonchev–Trinajstić information content (AvgIpc) is 3.52. The summed E-state index contributed by atoms with van der Waals surface area (Å²) in [6, 6.07) is 16.2. The number of methoxy groups -OCH3 is 1. The summed E-state index contributed by atoms with van der Waals surface area (Å²) < 4.78 is 10.8. The first-order valence-electron chi connectivity index (χ1n) is 10.8. The number of nitrogens with one attached hydrogen (secondary N) is 1. The molecular formula is C24H25N5O4. The third-order valence-corrected chi connectivity index (χ3v) is 6.50. The topological polar surface area (TPSA) is 101 Å². The normalized spacial score (nSPS) is 21.7. The second kappa shape index (κ2) is 8.23. The van der Waals surface area contributed by atoms with E-state index in [0.717, 1.165) is 5.75 Å². The number of hydrogen-bond acceptors (Lipinski definition) is 6. The van der Waals surface area contributed by atoms with E-state index in [-0.39, 0.29) is 17.9 Å². The standard InChI is InChI=1S/C24H25N5O4/c1-16-25-22(33-27-16)24-14-28(21(30)17-6-4-3-5-7-17)12-18(24)13-29(15-24)23(31)26-19-8-10-20(32-2)11-9-19/h3-11,18H,12-15H2,1-2H3,(H,26,31)/t18-,24-/m1/s1. The van der Waals surface area contributed by atoms with Crippen LogP contribution >= 0.6 is 0 Å². The number of urea groups is 1. The summed E-state index contributed by atoms with van der Waals surface area (Å²) >= 11 is 0. The lowest BCUT2D eigenvalue weighted by atomic mass is 9.81. The van der Waals surface area contributed by atoms with Crippen molar-refractivity contribution in [3.8, 4) is 5.75 Å². The Labute approximate surface area is 191 Å². The number of carbonyl (C=O) groups is 2. The first-order chi connectivity index (χ1) is 16.0. The van der Waals surface area contributed by atoms with Crippen LogP contribution in [0.4, 0.5) is 10.5 Å². The highest BCUT2D eigenvalue weighted by molar-refractivity contribution is 5.94. The zero-order valence-electron chi connectivity index (χ0n) is 18.5. The fourth-order valence-corrected chi connectivity index (χ4v) is 4.82. The summed E-state index contributed by atoms with van der Waals surface area (Å²) in [4.78, 5) is 34.3. The maximum atomic E-state index is 13.1. The molecule has 170 valence electrons. The molecule has 2 saturated heterocycles. The Bertz CT molecular complexity index is 1160. The molecule has 1 N–H and O–H groups in total. The number of hydrogen-bond donors (Lipinski definition) is 1. The number of aromatic nitrogens is 2. The number of amides is 3. The van der Waals surface area contributed by atoms with Crippen LogP contribution in [0.1, 0.15) is 22.1 Å². The van der Waals surface area contributed by atoms with Crippen molar-refractivity contribution in [2.45, 2.75) is 12.3 Å². The molecule has 0 aliphatic carbocycles. The first kappa shape index (κ1) is 21.0. The van der Waals surface area contributed by atoms with E-state index in [1.54, 1.807) is 43.2 Å². The number of benzene rings is 2. The summed E-state index contributed by atoms with van der Waals surface area (Å²) in [5, 5.41) is 6.92. The quantitative estimate of drug-likeness (QED) is 0.660. The molecule has 3 amide bonds. The van der Waals surface area contributed by atoms with E-state index in [0.29, 0.717) is 49.1 Å². The van der Waals surface area contributed by atoms with Crippen LogP contribution < -0.4 is 10.1 Å². The maximum absolute atomic E-state index is 13.1. The van der Waals surface area contributed by atoms with Gasteiger partial charge in [0, 0.05) is 43.3 Å². The molecule has 0 bridgehead atoms. The average molecular weight is 447 g/mol. The minimum atomic E-state index is -0.594. The smallest absolute Gasteiger partial charge is 0.321 e. The lowest BCUT2D eigenvalue weighted by Crippen LogP contribution is -2.42. The summed E-state index contributed by atoms with van der Waals surface area (Å²) in [7, 11) is 1.60. The molecule has 9 heteroatoms. The van der Waals surface area contributed by atoms with E-state index in [1.807, 2.05) is 35.2 Å². The van der Waals surface area contributed by atoms with Crippen molar-refractivity contribution in [1.82, 2.24) is 19.9 Å². The Balaban J connectivity index is 1.37. The van der Waals surface area contributed by atoms with Crippen molar-refractivity contribution < 1.29 is 18.8 Å².